The number of amides is 1. The fraction of sp³-hybridized carbons (Fsp3) is 0.125. The van der Waals surface area contributed by atoms with Gasteiger partial charge in [-0.25, -0.2) is 4.98 Å². The highest BCUT2D eigenvalue weighted by Gasteiger charge is 2.18. The van der Waals surface area contributed by atoms with Crippen LogP contribution in [0.2, 0.25) is 0 Å². The fourth-order valence-corrected chi connectivity index (χ4v) is 3.17. The van der Waals surface area contributed by atoms with Crippen LogP contribution >= 0.6 is 11.3 Å². The van der Waals surface area contributed by atoms with Crippen molar-refractivity contribution in [2.24, 2.45) is 0 Å². The van der Waals surface area contributed by atoms with E-state index in [4.69, 9.17) is 5.73 Å². The minimum Gasteiger partial charge on any atom is -0.397 e. The van der Waals surface area contributed by atoms with Gasteiger partial charge in [0.1, 0.15) is 9.71 Å². The van der Waals surface area contributed by atoms with Crippen LogP contribution in [0.1, 0.15) is 28.2 Å². The molecule has 2 aromatic heterocycles. The van der Waals surface area contributed by atoms with Crippen molar-refractivity contribution >= 4 is 33.1 Å². The van der Waals surface area contributed by atoms with Crippen LogP contribution in [-0.2, 0) is 0 Å². The van der Waals surface area contributed by atoms with Crippen LogP contribution in [0, 0.1) is 0 Å². The molecule has 0 unspecified atom stereocenters. The van der Waals surface area contributed by atoms with Crippen LogP contribution in [0.4, 0.5) is 5.69 Å². The highest BCUT2D eigenvalue weighted by molar-refractivity contribution is 7.21. The molecule has 0 aliphatic heterocycles. The number of fused-ring (bicyclic) bond motifs is 1. The monoisotopic (exact) mass is 297 g/mol. The lowest BCUT2D eigenvalue weighted by molar-refractivity contribution is 0.0945. The number of thiophene rings is 1. The molecule has 0 radical (unpaired) electrons. The molecule has 1 atom stereocenters. The molecule has 5 heteroatoms. The Balaban J connectivity index is 1.86. The van der Waals surface area contributed by atoms with Gasteiger partial charge in [-0.3, -0.25) is 4.79 Å². The third kappa shape index (κ3) is 2.60. The Bertz CT molecular complexity index is 783. The first-order chi connectivity index (χ1) is 10.2. The number of aromatic nitrogens is 1. The average molecular weight is 297 g/mol. The lowest BCUT2D eigenvalue weighted by atomic mass is 10.1. The van der Waals surface area contributed by atoms with Gasteiger partial charge in [-0.15, -0.1) is 11.3 Å². The Morgan fingerprint density at radius 1 is 1.24 bits per heavy atom. The van der Waals surface area contributed by atoms with Gasteiger partial charge in [-0.2, -0.15) is 0 Å². The Labute approximate surface area is 126 Å². The molecular weight excluding hydrogens is 282 g/mol. The van der Waals surface area contributed by atoms with E-state index in [0.29, 0.717) is 10.6 Å². The number of nitrogens with two attached hydrogens (primary N) is 1. The zero-order valence-electron chi connectivity index (χ0n) is 11.5. The highest BCUT2D eigenvalue weighted by atomic mass is 32.1. The third-order valence-electron chi connectivity index (χ3n) is 3.36. The Morgan fingerprint density at radius 3 is 2.71 bits per heavy atom. The van der Waals surface area contributed by atoms with Crippen molar-refractivity contribution in [3.05, 3.63) is 59.1 Å². The normalized spacial score (nSPS) is 12.2. The lowest BCUT2D eigenvalue weighted by Crippen LogP contribution is -2.26. The number of nitrogens with zero attached hydrogens (tertiary/aromatic N) is 1. The molecule has 0 spiro atoms. The molecule has 1 amide bonds. The molecule has 1 aromatic carbocycles. The molecule has 106 valence electrons. The summed E-state index contributed by atoms with van der Waals surface area (Å²) in [6.45, 7) is 1.95. The van der Waals surface area contributed by atoms with E-state index in [9.17, 15) is 4.79 Å². The molecule has 3 aromatic rings. The molecule has 4 nitrogen and oxygen atoms in total. The van der Waals surface area contributed by atoms with Gasteiger partial charge in [-0.05, 0) is 24.6 Å². The molecule has 0 fully saturated rings. The maximum atomic E-state index is 12.4. The van der Waals surface area contributed by atoms with Gasteiger partial charge < -0.3 is 11.1 Å². The maximum absolute atomic E-state index is 12.4. The van der Waals surface area contributed by atoms with Gasteiger partial charge in [0.25, 0.3) is 5.91 Å². The van der Waals surface area contributed by atoms with Crippen molar-refractivity contribution in [1.29, 1.82) is 0 Å². The summed E-state index contributed by atoms with van der Waals surface area (Å²) >= 11 is 1.32. The molecule has 0 aliphatic carbocycles. The first-order valence-corrected chi connectivity index (χ1v) is 7.47. The number of benzene rings is 1. The van der Waals surface area contributed by atoms with Crippen LogP contribution in [0.3, 0.4) is 0 Å². The molecular formula is C16H15N3OS. The zero-order valence-corrected chi connectivity index (χ0v) is 12.4. The van der Waals surface area contributed by atoms with Crippen molar-refractivity contribution in [2.75, 3.05) is 5.73 Å². The zero-order chi connectivity index (χ0) is 14.8. The van der Waals surface area contributed by atoms with Crippen LogP contribution in [0.5, 0.6) is 0 Å². The quantitative estimate of drug-likeness (QED) is 0.779. The van der Waals surface area contributed by atoms with E-state index in [1.807, 2.05) is 49.4 Å². The van der Waals surface area contributed by atoms with E-state index in [1.165, 1.54) is 11.3 Å². The summed E-state index contributed by atoms with van der Waals surface area (Å²) in [6.07, 6.45) is 1.70. The number of rotatable bonds is 3. The fourth-order valence-electron chi connectivity index (χ4n) is 2.21. The maximum Gasteiger partial charge on any atom is 0.264 e. The van der Waals surface area contributed by atoms with Gasteiger partial charge in [0, 0.05) is 11.6 Å². The minimum atomic E-state index is -0.160. The third-order valence-corrected chi connectivity index (χ3v) is 4.49. The summed E-state index contributed by atoms with van der Waals surface area (Å²) in [5.74, 6) is -0.160. The van der Waals surface area contributed by atoms with E-state index in [0.717, 1.165) is 15.8 Å². The van der Waals surface area contributed by atoms with Crippen LogP contribution < -0.4 is 11.1 Å². The molecule has 0 saturated heterocycles. The van der Waals surface area contributed by atoms with Gasteiger partial charge in [-0.1, -0.05) is 30.3 Å². The number of carbonyl (C=O) groups excluding carboxylic acids is 1. The van der Waals surface area contributed by atoms with Crippen molar-refractivity contribution in [3.8, 4) is 0 Å². The molecule has 0 saturated carbocycles. The summed E-state index contributed by atoms with van der Waals surface area (Å²) < 4.78 is 0. The summed E-state index contributed by atoms with van der Waals surface area (Å²) in [5.41, 5.74) is 7.62. The average Bonchev–Trinajstić information content (AvgIpc) is 2.86. The number of nitrogen functional groups attached to an aromatic ring is 1. The largest absolute Gasteiger partial charge is 0.397 e. The topological polar surface area (TPSA) is 68.0 Å². The van der Waals surface area contributed by atoms with E-state index < -0.39 is 0 Å². The van der Waals surface area contributed by atoms with Crippen molar-refractivity contribution < 1.29 is 4.79 Å². The molecule has 21 heavy (non-hydrogen) atoms. The molecule has 3 rings (SSSR count). The molecule has 0 aliphatic rings. The van der Waals surface area contributed by atoms with E-state index in [-0.39, 0.29) is 11.9 Å². The number of anilines is 1. The number of nitrogens with one attached hydrogen (secondary N) is 1. The molecule has 2 heterocycles. The number of hydrogen-bond donors (Lipinski definition) is 2. The number of pyridine rings is 1. The Hall–Kier alpha value is -2.40. The van der Waals surface area contributed by atoms with Crippen LogP contribution in [0.15, 0.2) is 48.7 Å². The second-order valence-corrected chi connectivity index (χ2v) is 5.81. The summed E-state index contributed by atoms with van der Waals surface area (Å²) in [4.78, 5) is 18.0. The van der Waals surface area contributed by atoms with Gasteiger partial charge in [0.05, 0.1) is 11.7 Å². The standard InChI is InChI=1S/C16H15N3OS/c1-10(11-6-3-2-4-7-11)19-15(20)14-13(17)12-8-5-9-18-16(12)21-14/h2-10H,17H2,1H3,(H,19,20)/t10-/m0/s1. The van der Waals surface area contributed by atoms with Gasteiger partial charge in [0.15, 0.2) is 0 Å². The van der Waals surface area contributed by atoms with Crippen molar-refractivity contribution in [2.45, 2.75) is 13.0 Å². The van der Waals surface area contributed by atoms with Gasteiger partial charge >= 0.3 is 0 Å². The summed E-state index contributed by atoms with van der Waals surface area (Å²) in [5, 5.41) is 3.81. The minimum absolute atomic E-state index is 0.0729. The first kappa shape index (κ1) is 13.6. The van der Waals surface area contributed by atoms with Crippen molar-refractivity contribution in [1.82, 2.24) is 10.3 Å². The summed E-state index contributed by atoms with van der Waals surface area (Å²) in [7, 11) is 0. The predicted molar refractivity (Wildman–Crippen MR) is 86.4 cm³/mol. The second kappa shape index (κ2) is 5.54. The smallest absolute Gasteiger partial charge is 0.264 e. The highest BCUT2D eigenvalue weighted by Crippen LogP contribution is 2.32. The van der Waals surface area contributed by atoms with E-state index in [1.54, 1.807) is 6.20 Å². The number of hydrogen-bond acceptors (Lipinski definition) is 4. The Morgan fingerprint density at radius 2 is 2.00 bits per heavy atom. The lowest BCUT2D eigenvalue weighted by Gasteiger charge is -2.13. The van der Waals surface area contributed by atoms with Crippen molar-refractivity contribution in [3.63, 3.8) is 0 Å². The molecule has 3 N–H and O–H groups in total. The SMILES string of the molecule is C[C@H](NC(=O)c1sc2ncccc2c1N)c1ccccc1. The van der Waals surface area contributed by atoms with Gasteiger partial charge in [0.2, 0.25) is 0 Å². The van der Waals surface area contributed by atoms with E-state index >= 15 is 0 Å². The van der Waals surface area contributed by atoms with Crippen LogP contribution in [0.25, 0.3) is 10.2 Å². The second-order valence-electron chi connectivity index (χ2n) is 4.81. The predicted octanol–water partition coefficient (Wildman–Crippen LogP) is 3.37. The first-order valence-electron chi connectivity index (χ1n) is 6.65. The van der Waals surface area contributed by atoms with Crippen LogP contribution in [-0.4, -0.2) is 10.9 Å². The van der Waals surface area contributed by atoms with E-state index in [2.05, 4.69) is 10.3 Å². The summed E-state index contributed by atoms with van der Waals surface area (Å²) in [6, 6.07) is 13.5. The Kier molecular flexibility index (Phi) is 3.58. The number of carbonyl (C=O) groups is 1. The molecule has 0 bridgehead atoms.